The molecule has 9 nitrogen and oxygen atoms in total. The van der Waals surface area contributed by atoms with Crippen molar-refractivity contribution < 1.29 is 18.6 Å². The van der Waals surface area contributed by atoms with Crippen LogP contribution in [0.2, 0.25) is 0 Å². The van der Waals surface area contributed by atoms with Gasteiger partial charge >= 0.3 is 5.69 Å². The summed E-state index contributed by atoms with van der Waals surface area (Å²) < 4.78 is 32.9. The summed E-state index contributed by atoms with van der Waals surface area (Å²) in [6, 6.07) is 16.2. The number of aromatic nitrogens is 2. The lowest BCUT2D eigenvalue weighted by atomic mass is 9.83. The third-order valence-electron chi connectivity index (χ3n) is 5.64. The highest BCUT2D eigenvalue weighted by molar-refractivity contribution is 7.92. The zero-order chi connectivity index (χ0) is 25.5. The molecule has 4 aromatic rings. The summed E-state index contributed by atoms with van der Waals surface area (Å²) in [5, 5.41) is 1.78. The van der Waals surface area contributed by atoms with Gasteiger partial charge in [-0.25, -0.2) is 13.2 Å². The van der Waals surface area contributed by atoms with E-state index in [9.17, 15) is 18.0 Å². The standard InChI is InChI=1S/C26H27N3O5S.H2O/c1-26(2,3)22-15-20(29-11-10-23(30)27-25(29)31)14-21(24(22)34-4)18-7-6-17-13-19(28-35(5,32)33)9-8-16(17)12-18;/h6-15,28H,1-5H3,(H,27,30,31);1H2. The van der Waals surface area contributed by atoms with Gasteiger partial charge in [0.05, 0.1) is 19.1 Å². The molecule has 0 saturated carbocycles. The third-order valence-corrected chi connectivity index (χ3v) is 6.25. The van der Waals surface area contributed by atoms with Crippen LogP contribution in [0.1, 0.15) is 26.3 Å². The number of hydrogen-bond donors (Lipinski definition) is 2. The summed E-state index contributed by atoms with van der Waals surface area (Å²) >= 11 is 0. The van der Waals surface area contributed by atoms with Gasteiger partial charge in [0.2, 0.25) is 10.0 Å². The van der Waals surface area contributed by atoms with Gasteiger partial charge in [-0.05, 0) is 52.1 Å². The summed E-state index contributed by atoms with van der Waals surface area (Å²) in [7, 11) is -1.76. The van der Waals surface area contributed by atoms with Gasteiger partial charge in [0.25, 0.3) is 5.56 Å². The number of hydrogen-bond acceptors (Lipinski definition) is 5. The lowest BCUT2D eigenvalue weighted by Gasteiger charge is -2.25. The fourth-order valence-corrected chi connectivity index (χ4v) is 4.61. The molecule has 0 aliphatic rings. The van der Waals surface area contributed by atoms with E-state index >= 15 is 0 Å². The zero-order valence-electron chi connectivity index (χ0n) is 20.7. The van der Waals surface area contributed by atoms with Crippen molar-refractivity contribution in [3.8, 4) is 22.6 Å². The molecule has 0 saturated heterocycles. The first-order valence-corrected chi connectivity index (χ1v) is 12.8. The molecular formula is C26H29N3O6S. The Hall–Kier alpha value is -3.89. The lowest BCUT2D eigenvalue weighted by molar-refractivity contribution is 0.399. The van der Waals surface area contributed by atoms with Crippen molar-refractivity contribution >= 4 is 26.5 Å². The van der Waals surface area contributed by atoms with Crippen LogP contribution in [0.3, 0.4) is 0 Å². The van der Waals surface area contributed by atoms with Gasteiger partial charge in [-0.1, -0.05) is 39.0 Å². The summed E-state index contributed by atoms with van der Waals surface area (Å²) in [5.74, 6) is 0.688. The molecule has 190 valence electrons. The second kappa shape index (κ2) is 9.63. The summed E-state index contributed by atoms with van der Waals surface area (Å²) in [5.41, 5.74) is 2.34. The van der Waals surface area contributed by atoms with E-state index in [1.165, 1.54) is 16.8 Å². The van der Waals surface area contributed by atoms with Crippen LogP contribution in [0.5, 0.6) is 5.75 Å². The van der Waals surface area contributed by atoms with E-state index in [0.29, 0.717) is 17.1 Å². The number of fused-ring (bicyclic) bond motifs is 1. The highest BCUT2D eigenvalue weighted by atomic mass is 32.2. The first-order valence-electron chi connectivity index (χ1n) is 10.9. The maximum Gasteiger partial charge on any atom is 0.332 e. The van der Waals surface area contributed by atoms with Gasteiger partial charge in [-0.2, -0.15) is 0 Å². The van der Waals surface area contributed by atoms with E-state index in [4.69, 9.17) is 4.74 Å². The van der Waals surface area contributed by atoms with Crippen molar-refractivity contribution in [2.24, 2.45) is 0 Å². The molecule has 0 amide bonds. The summed E-state index contributed by atoms with van der Waals surface area (Å²) in [4.78, 5) is 26.4. The number of aromatic amines is 1. The van der Waals surface area contributed by atoms with Crippen molar-refractivity contribution in [3.05, 3.63) is 87.2 Å². The van der Waals surface area contributed by atoms with Gasteiger partial charge in [-0.3, -0.25) is 19.1 Å². The molecule has 10 heteroatoms. The number of sulfonamides is 1. The number of anilines is 1. The van der Waals surface area contributed by atoms with Gasteiger partial charge in [0.15, 0.2) is 0 Å². The molecule has 0 fully saturated rings. The Kier molecular flexibility index (Phi) is 7.15. The van der Waals surface area contributed by atoms with E-state index in [0.717, 1.165) is 33.7 Å². The minimum Gasteiger partial charge on any atom is -0.496 e. The Morgan fingerprint density at radius 1 is 0.944 bits per heavy atom. The van der Waals surface area contributed by atoms with E-state index in [1.807, 2.05) is 36.4 Å². The molecule has 0 bridgehead atoms. The molecule has 0 radical (unpaired) electrons. The largest absolute Gasteiger partial charge is 0.496 e. The maximum absolute atomic E-state index is 12.5. The van der Waals surface area contributed by atoms with Crippen molar-refractivity contribution in [2.45, 2.75) is 26.2 Å². The number of benzene rings is 3. The van der Waals surface area contributed by atoms with Crippen LogP contribution in [-0.4, -0.2) is 36.8 Å². The quantitative estimate of drug-likeness (QED) is 0.423. The molecule has 0 atom stereocenters. The van der Waals surface area contributed by atoms with Crippen molar-refractivity contribution in [3.63, 3.8) is 0 Å². The van der Waals surface area contributed by atoms with Crippen molar-refractivity contribution in [2.75, 3.05) is 18.1 Å². The second-order valence-electron chi connectivity index (χ2n) is 9.46. The van der Waals surface area contributed by atoms with Crippen LogP contribution in [0.25, 0.3) is 27.6 Å². The topological polar surface area (TPSA) is 142 Å². The monoisotopic (exact) mass is 511 g/mol. The fraction of sp³-hybridized carbons (Fsp3) is 0.231. The van der Waals surface area contributed by atoms with Crippen molar-refractivity contribution in [1.82, 2.24) is 9.55 Å². The van der Waals surface area contributed by atoms with E-state index in [-0.39, 0.29) is 10.9 Å². The smallest absolute Gasteiger partial charge is 0.332 e. The summed E-state index contributed by atoms with van der Waals surface area (Å²) in [6.07, 6.45) is 2.57. The SMILES string of the molecule is COc1c(-c2ccc3cc(NS(C)(=O)=O)ccc3c2)cc(-n2ccc(=O)[nH]c2=O)cc1C(C)(C)C.O. The molecule has 36 heavy (non-hydrogen) atoms. The second-order valence-corrected chi connectivity index (χ2v) is 11.2. The molecule has 3 aromatic carbocycles. The van der Waals surface area contributed by atoms with E-state index < -0.39 is 21.3 Å². The highest BCUT2D eigenvalue weighted by Crippen LogP contribution is 2.41. The molecule has 1 aromatic heterocycles. The van der Waals surface area contributed by atoms with Crippen LogP contribution in [0.15, 0.2) is 70.4 Å². The number of rotatable bonds is 5. The predicted molar refractivity (Wildman–Crippen MR) is 143 cm³/mol. The number of H-pyrrole nitrogens is 1. The molecule has 4 N–H and O–H groups in total. The minimum atomic E-state index is -3.38. The minimum absolute atomic E-state index is 0. The molecule has 0 aliphatic heterocycles. The molecular weight excluding hydrogens is 482 g/mol. The average molecular weight is 512 g/mol. The van der Waals surface area contributed by atoms with Crippen LogP contribution >= 0.6 is 0 Å². The van der Waals surface area contributed by atoms with Gasteiger partial charge in [-0.15, -0.1) is 0 Å². The van der Waals surface area contributed by atoms with Gasteiger partial charge in [0.1, 0.15) is 5.75 Å². The normalized spacial score (nSPS) is 11.7. The van der Waals surface area contributed by atoms with Crippen LogP contribution in [0.4, 0.5) is 5.69 Å². The Morgan fingerprint density at radius 2 is 1.61 bits per heavy atom. The Labute approximate surface area is 208 Å². The van der Waals surface area contributed by atoms with E-state index in [1.54, 1.807) is 19.2 Å². The van der Waals surface area contributed by atoms with Crippen LogP contribution < -0.4 is 20.7 Å². The number of ether oxygens (including phenoxy) is 1. The van der Waals surface area contributed by atoms with Crippen LogP contribution in [0, 0.1) is 0 Å². The molecule has 0 unspecified atom stereocenters. The Morgan fingerprint density at radius 3 is 2.22 bits per heavy atom. The van der Waals surface area contributed by atoms with Gasteiger partial charge in [0, 0.05) is 29.1 Å². The van der Waals surface area contributed by atoms with E-state index in [2.05, 4.69) is 30.5 Å². The highest BCUT2D eigenvalue weighted by Gasteiger charge is 2.24. The Bertz CT molecular complexity index is 1660. The number of methoxy groups -OCH3 is 1. The maximum atomic E-state index is 12.5. The average Bonchev–Trinajstić information content (AvgIpc) is 2.76. The first kappa shape index (κ1) is 26.7. The number of nitrogens with zero attached hydrogens (tertiary/aromatic N) is 1. The Balaban J connectivity index is 0.00000361. The zero-order valence-corrected chi connectivity index (χ0v) is 21.5. The first-order chi connectivity index (χ1) is 16.4. The third kappa shape index (κ3) is 5.50. The summed E-state index contributed by atoms with van der Waals surface area (Å²) in [6.45, 7) is 6.18. The van der Waals surface area contributed by atoms with Crippen LogP contribution in [-0.2, 0) is 15.4 Å². The number of nitrogens with one attached hydrogen (secondary N) is 2. The lowest BCUT2D eigenvalue weighted by Crippen LogP contribution is -2.27. The molecule has 1 heterocycles. The predicted octanol–water partition coefficient (Wildman–Crippen LogP) is 3.20. The molecule has 4 rings (SSSR count). The molecule has 0 aliphatic carbocycles. The van der Waals surface area contributed by atoms with Gasteiger partial charge < -0.3 is 10.2 Å². The fourth-order valence-electron chi connectivity index (χ4n) is 4.06. The molecule has 0 spiro atoms. The van der Waals surface area contributed by atoms with Crippen molar-refractivity contribution in [1.29, 1.82) is 0 Å².